The molecule has 0 saturated carbocycles. The van der Waals surface area contributed by atoms with Gasteiger partial charge in [0.25, 0.3) is 0 Å². The van der Waals surface area contributed by atoms with Crippen LogP contribution in [0, 0.1) is 0 Å². The van der Waals surface area contributed by atoms with Crippen molar-refractivity contribution in [3.8, 4) is 0 Å². The van der Waals surface area contributed by atoms with Crippen LogP contribution in [0.15, 0.2) is 0 Å². The molecule has 15 heavy (non-hydrogen) atoms. The van der Waals surface area contributed by atoms with Crippen LogP contribution < -0.4 is 10.6 Å². The van der Waals surface area contributed by atoms with Gasteiger partial charge in [-0.3, -0.25) is 4.79 Å². The molecule has 1 amide bonds. The van der Waals surface area contributed by atoms with Crippen molar-refractivity contribution < 1.29 is 9.53 Å². The second-order valence-corrected chi connectivity index (χ2v) is 4.09. The second kappa shape index (κ2) is 6.80. The normalized spacial score (nSPS) is 23.5. The lowest BCUT2D eigenvalue weighted by Gasteiger charge is -2.26. The first kappa shape index (κ1) is 12.5. The van der Waals surface area contributed by atoms with Crippen molar-refractivity contribution in [1.82, 2.24) is 10.6 Å². The van der Waals surface area contributed by atoms with Crippen molar-refractivity contribution in [2.75, 3.05) is 19.8 Å². The first-order valence-corrected chi connectivity index (χ1v) is 5.85. The molecule has 1 aliphatic rings. The Balaban J connectivity index is 2.20. The van der Waals surface area contributed by atoms with E-state index in [2.05, 4.69) is 10.6 Å². The van der Waals surface area contributed by atoms with E-state index in [9.17, 15) is 4.79 Å². The van der Waals surface area contributed by atoms with E-state index in [4.69, 9.17) is 4.74 Å². The Morgan fingerprint density at radius 3 is 3.00 bits per heavy atom. The number of amides is 1. The topological polar surface area (TPSA) is 50.4 Å². The zero-order chi connectivity index (χ0) is 11.1. The smallest absolute Gasteiger partial charge is 0.236 e. The Labute approximate surface area is 91.8 Å². The van der Waals surface area contributed by atoms with Gasteiger partial charge in [-0.25, -0.2) is 0 Å². The average molecular weight is 214 g/mol. The van der Waals surface area contributed by atoms with Crippen LogP contribution in [0.1, 0.15) is 33.1 Å². The zero-order valence-electron chi connectivity index (χ0n) is 9.71. The molecule has 0 aliphatic carbocycles. The summed E-state index contributed by atoms with van der Waals surface area (Å²) in [6, 6.07) is 0.212. The van der Waals surface area contributed by atoms with Gasteiger partial charge < -0.3 is 15.4 Å². The standard InChI is InChI=1S/C11H22N2O2/c1-3-6-12-11(14)9(2)13-10-5-4-7-15-8-10/h9-10,13H,3-8H2,1-2H3,(H,12,14). The van der Waals surface area contributed by atoms with Gasteiger partial charge in [0.15, 0.2) is 0 Å². The monoisotopic (exact) mass is 214 g/mol. The summed E-state index contributed by atoms with van der Waals surface area (Å²) in [4.78, 5) is 11.6. The molecule has 2 atom stereocenters. The average Bonchev–Trinajstić information content (AvgIpc) is 2.27. The molecular weight excluding hydrogens is 192 g/mol. The van der Waals surface area contributed by atoms with Crippen LogP contribution in [0.5, 0.6) is 0 Å². The van der Waals surface area contributed by atoms with Gasteiger partial charge in [0.2, 0.25) is 5.91 Å². The van der Waals surface area contributed by atoms with Crippen LogP contribution in [0.4, 0.5) is 0 Å². The van der Waals surface area contributed by atoms with Gasteiger partial charge in [-0.05, 0) is 26.2 Å². The lowest BCUT2D eigenvalue weighted by Crippen LogP contribution is -2.49. The highest BCUT2D eigenvalue weighted by atomic mass is 16.5. The molecule has 4 heteroatoms. The van der Waals surface area contributed by atoms with E-state index >= 15 is 0 Å². The number of carbonyl (C=O) groups excluding carboxylic acids is 1. The summed E-state index contributed by atoms with van der Waals surface area (Å²) in [5, 5.41) is 6.17. The van der Waals surface area contributed by atoms with Gasteiger partial charge in [-0.15, -0.1) is 0 Å². The number of nitrogens with one attached hydrogen (secondary N) is 2. The third-order valence-electron chi connectivity index (χ3n) is 2.59. The van der Waals surface area contributed by atoms with Gasteiger partial charge in [0.05, 0.1) is 12.6 Å². The maximum absolute atomic E-state index is 11.6. The van der Waals surface area contributed by atoms with Crippen molar-refractivity contribution in [3.05, 3.63) is 0 Å². The Morgan fingerprint density at radius 1 is 1.60 bits per heavy atom. The summed E-state index contributed by atoms with van der Waals surface area (Å²) in [5.74, 6) is 0.0856. The van der Waals surface area contributed by atoms with Gasteiger partial charge >= 0.3 is 0 Å². The molecule has 0 aromatic heterocycles. The third kappa shape index (κ3) is 4.62. The van der Waals surface area contributed by atoms with E-state index in [1.165, 1.54) is 0 Å². The van der Waals surface area contributed by atoms with Crippen LogP contribution in [0.3, 0.4) is 0 Å². The fourth-order valence-electron chi connectivity index (χ4n) is 1.70. The minimum absolute atomic E-state index is 0.0856. The van der Waals surface area contributed by atoms with E-state index in [0.29, 0.717) is 6.04 Å². The maximum atomic E-state index is 11.6. The molecule has 1 rings (SSSR count). The van der Waals surface area contributed by atoms with Crippen molar-refractivity contribution in [3.63, 3.8) is 0 Å². The van der Waals surface area contributed by atoms with Crippen LogP contribution in [-0.2, 0) is 9.53 Å². The lowest BCUT2D eigenvalue weighted by atomic mass is 10.1. The summed E-state index contributed by atoms with van der Waals surface area (Å²) >= 11 is 0. The van der Waals surface area contributed by atoms with E-state index in [1.807, 2.05) is 13.8 Å². The fourth-order valence-corrected chi connectivity index (χ4v) is 1.70. The van der Waals surface area contributed by atoms with Crippen LogP contribution in [0.2, 0.25) is 0 Å². The highest BCUT2D eigenvalue weighted by Gasteiger charge is 2.19. The molecule has 0 spiro atoms. The molecule has 0 bridgehead atoms. The Kier molecular flexibility index (Phi) is 5.65. The zero-order valence-corrected chi connectivity index (χ0v) is 9.71. The minimum atomic E-state index is -0.122. The number of hydrogen-bond acceptors (Lipinski definition) is 3. The molecule has 4 nitrogen and oxygen atoms in total. The van der Waals surface area contributed by atoms with Crippen molar-refractivity contribution >= 4 is 5.91 Å². The number of carbonyl (C=O) groups is 1. The molecule has 0 aromatic rings. The summed E-state index contributed by atoms with van der Waals surface area (Å²) < 4.78 is 5.35. The number of hydrogen-bond donors (Lipinski definition) is 2. The molecule has 2 N–H and O–H groups in total. The predicted molar refractivity (Wildman–Crippen MR) is 59.7 cm³/mol. The van der Waals surface area contributed by atoms with E-state index in [1.54, 1.807) is 0 Å². The van der Waals surface area contributed by atoms with Crippen LogP contribution >= 0.6 is 0 Å². The molecule has 0 radical (unpaired) electrons. The molecule has 1 aliphatic heterocycles. The number of rotatable bonds is 5. The number of ether oxygens (including phenoxy) is 1. The minimum Gasteiger partial charge on any atom is -0.380 e. The quantitative estimate of drug-likeness (QED) is 0.707. The van der Waals surface area contributed by atoms with Crippen LogP contribution in [0.25, 0.3) is 0 Å². The van der Waals surface area contributed by atoms with Gasteiger partial charge in [-0.2, -0.15) is 0 Å². The van der Waals surface area contributed by atoms with Gasteiger partial charge in [-0.1, -0.05) is 6.92 Å². The highest BCUT2D eigenvalue weighted by molar-refractivity contribution is 5.81. The molecule has 1 fully saturated rings. The molecule has 0 aromatic carbocycles. The highest BCUT2D eigenvalue weighted by Crippen LogP contribution is 2.06. The summed E-state index contributed by atoms with van der Waals surface area (Å²) in [5.41, 5.74) is 0. The molecule has 1 saturated heterocycles. The lowest BCUT2D eigenvalue weighted by molar-refractivity contribution is -0.123. The van der Waals surface area contributed by atoms with Gasteiger partial charge in [0.1, 0.15) is 0 Å². The summed E-state index contributed by atoms with van der Waals surface area (Å²) in [6.45, 7) is 6.29. The van der Waals surface area contributed by atoms with E-state index in [-0.39, 0.29) is 11.9 Å². The third-order valence-corrected chi connectivity index (χ3v) is 2.59. The fraction of sp³-hybridized carbons (Fsp3) is 0.909. The molecule has 88 valence electrons. The Hall–Kier alpha value is -0.610. The van der Waals surface area contributed by atoms with Crippen molar-refractivity contribution in [2.45, 2.75) is 45.2 Å². The first-order chi connectivity index (χ1) is 7.24. The summed E-state index contributed by atoms with van der Waals surface area (Å²) in [7, 11) is 0. The van der Waals surface area contributed by atoms with E-state index < -0.39 is 0 Å². The Morgan fingerprint density at radius 2 is 2.40 bits per heavy atom. The Bertz CT molecular complexity index is 191. The first-order valence-electron chi connectivity index (χ1n) is 5.85. The van der Waals surface area contributed by atoms with Crippen molar-refractivity contribution in [1.29, 1.82) is 0 Å². The SMILES string of the molecule is CCCNC(=O)C(C)NC1CCCOC1. The van der Waals surface area contributed by atoms with Crippen LogP contribution in [-0.4, -0.2) is 37.7 Å². The molecule has 1 heterocycles. The van der Waals surface area contributed by atoms with E-state index in [0.717, 1.165) is 39.0 Å². The maximum Gasteiger partial charge on any atom is 0.236 e. The molecular formula is C11H22N2O2. The predicted octanol–water partition coefficient (Wildman–Crippen LogP) is 0.670. The second-order valence-electron chi connectivity index (χ2n) is 4.09. The van der Waals surface area contributed by atoms with Gasteiger partial charge in [0, 0.05) is 19.2 Å². The largest absolute Gasteiger partial charge is 0.380 e. The molecule has 2 unspecified atom stereocenters. The van der Waals surface area contributed by atoms with Crippen molar-refractivity contribution in [2.24, 2.45) is 0 Å². The summed E-state index contributed by atoms with van der Waals surface area (Å²) in [6.07, 6.45) is 3.16.